The fraction of sp³-hybridized carbons (Fsp3) is 0.138. The lowest BCUT2D eigenvalue weighted by atomic mass is 9.99. The molecular weight excluding hydrogens is 404 g/mol. The van der Waals surface area contributed by atoms with Crippen molar-refractivity contribution in [2.24, 2.45) is 0 Å². The smallest absolute Gasteiger partial charge is 0.138 e. The van der Waals surface area contributed by atoms with Crippen LogP contribution in [-0.2, 0) is 13.1 Å². The molecule has 0 saturated carbocycles. The molecule has 2 aromatic heterocycles. The van der Waals surface area contributed by atoms with Gasteiger partial charge in [0.05, 0.1) is 17.9 Å². The van der Waals surface area contributed by atoms with Gasteiger partial charge in [-0.3, -0.25) is 0 Å². The van der Waals surface area contributed by atoms with Gasteiger partial charge in [-0.1, -0.05) is 60.7 Å². The van der Waals surface area contributed by atoms with E-state index in [1.807, 2.05) is 0 Å². The molecular formula is C29H26N4. The van der Waals surface area contributed by atoms with Gasteiger partial charge in [0, 0.05) is 35.4 Å². The first kappa shape index (κ1) is 19.6. The van der Waals surface area contributed by atoms with Gasteiger partial charge >= 0.3 is 0 Å². The van der Waals surface area contributed by atoms with Crippen LogP contribution < -0.4 is 0 Å². The number of aromatic amines is 2. The van der Waals surface area contributed by atoms with E-state index in [-0.39, 0.29) is 0 Å². The Balaban J connectivity index is 1.21. The monoisotopic (exact) mass is 430 g/mol. The van der Waals surface area contributed by atoms with Crippen LogP contribution in [0.4, 0.5) is 0 Å². The van der Waals surface area contributed by atoms with E-state index in [9.17, 15) is 0 Å². The lowest BCUT2D eigenvalue weighted by molar-refractivity contribution is 0.356. The molecule has 0 unspecified atom stereocenters. The fourth-order valence-corrected chi connectivity index (χ4v) is 4.58. The molecule has 0 fully saturated rings. The van der Waals surface area contributed by atoms with Crippen molar-refractivity contribution in [2.75, 3.05) is 0 Å². The number of H-pyrrole nitrogens is 2. The van der Waals surface area contributed by atoms with Crippen LogP contribution >= 0.6 is 0 Å². The molecule has 0 aliphatic carbocycles. The number of nitrogens with one attached hydrogen (secondary N) is 2. The van der Waals surface area contributed by atoms with Gasteiger partial charge in [0.15, 0.2) is 0 Å². The van der Waals surface area contributed by atoms with Crippen molar-refractivity contribution < 1.29 is 0 Å². The summed E-state index contributed by atoms with van der Waals surface area (Å²) in [6.07, 6.45) is 6.37. The maximum Gasteiger partial charge on any atom is 0.138 e. The lowest BCUT2D eigenvalue weighted by Gasteiger charge is -2.22. The van der Waals surface area contributed by atoms with E-state index in [1.165, 1.54) is 38.7 Å². The average molecular weight is 431 g/mol. The molecule has 3 aromatic carbocycles. The number of fused-ring (bicyclic) bond motifs is 2. The second kappa shape index (κ2) is 7.82. The molecule has 4 nitrogen and oxygen atoms in total. The van der Waals surface area contributed by atoms with Gasteiger partial charge in [0.1, 0.15) is 5.82 Å². The first-order valence-corrected chi connectivity index (χ1v) is 11.4. The molecule has 33 heavy (non-hydrogen) atoms. The molecule has 0 radical (unpaired) electrons. The first-order valence-electron chi connectivity index (χ1n) is 11.4. The van der Waals surface area contributed by atoms with Crippen LogP contribution in [0.15, 0.2) is 79.1 Å². The van der Waals surface area contributed by atoms with Crippen LogP contribution in [0.1, 0.15) is 28.1 Å². The minimum Gasteiger partial charge on any atom is -0.367 e. The summed E-state index contributed by atoms with van der Waals surface area (Å²) in [6.45, 7) is 5.99. The molecule has 162 valence electrons. The van der Waals surface area contributed by atoms with E-state index in [2.05, 4.69) is 114 Å². The second-order valence-corrected chi connectivity index (χ2v) is 8.91. The van der Waals surface area contributed by atoms with Crippen molar-refractivity contribution in [2.45, 2.75) is 26.9 Å². The predicted molar refractivity (Wildman–Crippen MR) is 136 cm³/mol. The number of hydrogen-bond donors (Lipinski definition) is 2. The van der Waals surface area contributed by atoms with Crippen LogP contribution in [0.2, 0.25) is 0 Å². The molecule has 0 saturated heterocycles. The Labute approximate surface area is 193 Å². The molecule has 0 atom stereocenters. The van der Waals surface area contributed by atoms with E-state index in [0.717, 1.165) is 35.9 Å². The Hall–Kier alpha value is -4.05. The average Bonchev–Trinajstić information content (AvgIpc) is 3.45. The minimum absolute atomic E-state index is 0.819. The van der Waals surface area contributed by atoms with Crippen molar-refractivity contribution in [1.29, 1.82) is 0 Å². The third-order valence-corrected chi connectivity index (χ3v) is 6.66. The molecule has 0 amide bonds. The molecule has 1 aliphatic rings. The van der Waals surface area contributed by atoms with E-state index >= 15 is 0 Å². The van der Waals surface area contributed by atoms with Gasteiger partial charge in [0.25, 0.3) is 0 Å². The molecule has 0 bridgehead atoms. The van der Waals surface area contributed by atoms with Crippen molar-refractivity contribution in [1.82, 2.24) is 19.9 Å². The summed E-state index contributed by atoms with van der Waals surface area (Å²) in [6, 6.07) is 23.8. The quantitative estimate of drug-likeness (QED) is 0.328. The Morgan fingerprint density at radius 3 is 2.52 bits per heavy atom. The first-order chi connectivity index (χ1) is 16.1. The topological polar surface area (TPSA) is 47.7 Å². The second-order valence-electron chi connectivity index (χ2n) is 8.91. The van der Waals surface area contributed by atoms with Crippen LogP contribution in [0.25, 0.3) is 39.5 Å². The number of rotatable bonds is 4. The Morgan fingerprint density at radius 1 is 0.879 bits per heavy atom. The molecule has 5 aromatic rings. The van der Waals surface area contributed by atoms with E-state index < -0.39 is 0 Å². The number of nitrogens with zero attached hydrogens (tertiary/aromatic N) is 2. The van der Waals surface area contributed by atoms with Gasteiger partial charge in [-0.25, -0.2) is 4.98 Å². The van der Waals surface area contributed by atoms with E-state index in [4.69, 9.17) is 4.98 Å². The Morgan fingerprint density at radius 2 is 1.67 bits per heavy atom. The summed E-state index contributed by atoms with van der Waals surface area (Å²) in [4.78, 5) is 14.1. The van der Waals surface area contributed by atoms with Crippen LogP contribution in [0.5, 0.6) is 0 Å². The highest BCUT2D eigenvalue weighted by atomic mass is 15.1. The number of para-hydroxylation sites is 1. The van der Waals surface area contributed by atoms with Gasteiger partial charge in [-0.05, 0) is 53.8 Å². The molecule has 3 heterocycles. The summed E-state index contributed by atoms with van der Waals surface area (Å²) in [5.41, 5.74) is 10.9. The maximum atomic E-state index is 4.86. The van der Waals surface area contributed by atoms with Crippen LogP contribution in [0.3, 0.4) is 0 Å². The van der Waals surface area contributed by atoms with Gasteiger partial charge < -0.3 is 14.9 Å². The molecule has 1 aliphatic heterocycles. The summed E-state index contributed by atoms with van der Waals surface area (Å²) in [7, 11) is 0. The van der Waals surface area contributed by atoms with Crippen molar-refractivity contribution >= 4 is 17.0 Å². The Bertz CT molecular complexity index is 1480. The highest BCUT2D eigenvalue weighted by Gasteiger charge is 2.17. The summed E-state index contributed by atoms with van der Waals surface area (Å²) in [5, 5.41) is 1.28. The lowest BCUT2D eigenvalue weighted by Crippen LogP contribution is -2.19. The number of aryl methyl sites for hydroxylation is 2. The van der Waals surface area contributed by atoms with Crippen molar-refractivity contribution in [3.8, 4) is 22.5 Å². The highest BCUT2D eigenvalue weighted by Crippen LogP contribution is 2.28. The van der Waals surface area contributed by atoms with Crippen molar-refractivity contribution in [3.05, 3.63) is 107 Å². The van der Waals surface area contributed by atoms with Crippen LogP contribution in [-0.4, -0.2) is 19.9 Å². The zero-order valence-electron chi connectivity index (χ0n) is 18.9. The molecule has 6 rings (SSSR count). The molecule has 2 N–H and O–H groups in total. The van der Waals surface area contributed by atoms with Gasteiger partial charge in [-0.15, -0.1) is 0 Å². The zero-order valence-corrected chi connectivity index (χ0v) is 18.9. The maximum absolute atomic E-state index is 4.86. The summed E-state index contributed by atoms with van der Waals surface area (Å²) >= 11 is 0. The SMILES string of the molecule is Cc1ccc(-c2ccc(-c3nc4c([nH]3)CN(Cc3c[nH]c5ccccc35)C=C4)cc2)cc1C. The number of hydrogen-bond acceptors (Lipinski definition) is 2. The number of aromatic nitrogens is 3. The van der Waals surface area contributed by atoms with Gasteiger partial charge in [-0.2, -0.15) is 0 Å². The minimum atomic E-state index is 0.819. The predicted octanol–water partition coefficient (Wildman–Crippen LogP) is 6.83. The third-order valence-electron chi connectivity index (χ3n) is 6.66. The van der Waals surface area contributed by atoms with E-state index in [1.54, 1.807) is 0 Å². The van der Waals surface area contributed by atoms with Crippen LogP contribution in [0, 0.1) is 13.8 Å². The normalized spacial score (nSPS) is 13.0. The van der Waals surface area contributed by atoms with E-state index in [0.29, 0.717) is 0 Å². The zero-order chi connectivity index (χ0) is 22.4. The number of benzene rings is 3. The molecule has 4 heteroatoms. The summed E-state index contributed by atoms with van der Waals surface area (Å²) in [5.74, 6) is 0.922. The van der Waals surface area contributed by atoms with Gasteiger partial charge in [0.2, 0.25) is 0 Å². The largest absolute Gasteiger partial charge is 0.367 e. The number of imidazole rings is 1. The highest BCUT2D eigenvalue weighted by molar-refractivity contribution is 5.83. The fourth-order valence-electron chi connectivity index (χ4n) is 4.58. The third kappa shape index (κ3) is 3.64. The standard InChI is InChI=1S/C29H26N4/c1-19-7-8-23(15-20(19)2)21-9-11-22(12-10-21)29-31-27-13-14-33(18-28(27)32-29)17-24-16-30-26-6-4-3-5-25(24)26/h3-16,30H,17-18H2,1-2H3,(H,31,32). The molecule has 0 spiro atoms. The van der Waals surface area contributed by atoms with Crippen molar-refractivity contribution in [3.63, 3.8) is 0 Å². The Kier molecular flexibility index (Phi) is 4.65. The summed E-state index contributed by atoms with van der Waals surface area (Å²) < 4.78 is 0.